The van der Waals surface area contributed by atoms with Gasteiger partial charge in [0.15, 0.2) is 0 Å². The maximum atomic E-state index is 10.7. The molecule has 1 saturated carbocycles. The predicted molar refractivity (Wildman–Crippen MR) is 80.0 cm³/mol. The summed E-state index contributed by atoms with van der Waals surface area (Å²) in [5.74, 6) is 1.29. The highest BCUT2D eigenvalue weighted by molar-refractivity contribution is 5.19. The topological polar surface area (TPSA) is 23.5 Å². The molecule has 0 aliphatic heterocycles. The molecule has 2 atom stereocenters. The summed E-state index contributed by atoms with van der Waals surface area (Å²) >= 11 is 0. The summed E-state index contributed by atoms with van der Waals surface area (Å²) in [6, 6.07) is 10.2. The summed E-state index contributed by atoms with van der Waals surface area (Å²) in [5, 5.41) is 10.7. The molecular weight excluding hydrogens is 234 g/mol. The normalized spacial score (nSPS) is 19.5. The highest BCUT2D eigenvalue weighted by atomic mass is 16.3. The van der Waals surface area contributed by atoms with E-state index in [0.29, 0.717) is 5.92 Å². The van der Waals surface area contributed by atoms with Crippen LogP contribution >= 0.6 is 0 Å². The van der Waals surface area contributed by atoms with E-state index < -0.39 is 6.10 Å². The number of benzene rings is 1. The van der Waals surface area contributed by atoms with Crippen molar-refractivity contribution < 1.29 is 5.11 Å². The largest absolute Gasteiger partial charge is 0.387 e. The van der Waals surface area contributed by atoms with Crippen LogP contribution in [0.4, 0.5) is 0 Å². The van der Waals surface area contributed by atoms with Crippen molar-refractivity contribution in [2.45, 2.75) is 45.3 Å². The van der Waals surface area contributed by atoms with E-state index in [2.05, 4.69) is 25.8 Å². The van der Waals surface area contributed by atoms with Crippen LogP contribution in [-0.2, 0) is 0 Å². The van der Waals surface area contributed by atoms with Gasteiger partial charge in [0.2, 0.25) is 0 Å². The van der Waals surface area contributed by atoms with Crippen LogP contribution < -0.4 is 0 Å². The van der Waals surface area contributed by atoms with E-state index in [1.807, 2.05) is 30.3 Å². The van der Waals surface area contributed by atoms with Crippen LogP contribution in [0.3, 0.4) is 0 Å². The third-order valence-corrected chi connectivity index (χ3v) is 4.43. The Balaban J connectivity index is 2.05. The lowest BCUT2D eigenvalue weighted by Crippen LogP contribution is -2.44. The lowest BCUT2D eigenvalue weighted by atomic mass is 9.84. The minimum Gasteiger partial charge on any atom is -0.387 e. The Morgan fingerprint density at radius 3 is 2.32 bits per heavy atom. The summed E-state index contributed by atoms with van der Waals surface area (Å²) in [4.78, 5) is 2.37. The van der Waals surface area contributed by atoms with E-state index in [0.717, 1.165) is 18.0 Å². The molecule has 0 aromatic heterocycles. The molecule has 19 heavy (non-hydrogen) atoms. The maximum absolute atomic E-state index is 10.7. The molecular formula is C17H27NO. The molecule has 106 valence electrons. The molecule has 1 aliphatic carbocycles. The minimum atomic E-state index is -0.397. The molecule has 1 aromatic rings. The fourth-order valence-corrected chi connectivity index (χ4v) is 3.17. The van der Waals surface area contributed by atoms with E-state index in [9.17, 15) is 5.11 Å². The molecule has 1 fully saturated rings. The minimum absolute atomic E-state index is 0.197. The predicted octanol–water partition coefficient (Wildman–Crippen LogP) is 3.48. The van der Waals surface area contributed by atoms with Gasteiger partial charge in [0, 0.05) is 12.6 Å². The number of hydrogen-bond acceptors (Lipinski definition) is 2. The first-order valence-electron chi connectivity index (χ1n) is 7.53. The quantitative estimate of drug-likeness (QED) is 0.847. The van der Waals surface area contributed by atoms with Gasteiger partial charge in [0.05, 0.1) is 6.10 Å². The Hall–Kier alpha value is -0.860. The van der Waals surface area contributed by atoms with Crippen LogP contribution in [0.25, 0.3) is 0 Å². The molecule has 2 heteroatoms. The van der Waals surface area contributed by atoms with Gasteiger partial charge in [0.25, 0.3) is 0 Å². The van der Waals surface area contributed by atoms with Gasteiger partial charge in [-0.25, -0.2) is 0 Å². The van der Waals surface area contributed by atoms with Crippen molar-refractivity contribution in [3.05, 3.63) is 35.9 Å². The standard InChI is InChI=1S/C17H27NO/c1-13(2)16(18(3)12-14-8-7-9-14)17(19)15-10-5-4-6-11-15/h4-6,10-11,13-14,16-17,19H,7-9,12H2,1-3H3. The molecule has 1 aromatic carbocycles. The fourth-order valence-electron chi connectivity index (χ4n) is 3.17. The third-order valence-electron chi connectivity index (χ3n) is 4.43. The van der Waals surface area contributed by atoms with E-state index in [1.165, 1.54) is 19.3 Å². The van der Waals surface area contributed by atoms with Crippen LogP contribution in [0.15, 0.2) is 30.3 Å². The Kier molecular flexibility index (Phi) is 5.00. The number of hydrogen-bond donors (Lipinski definition) is 1. The van der Waals surface area contributed by atoms with Gasteiger partial charge in [0.1, 0.15) is 0 Å². The summed E-state index contributed by atoms with van der Waals surface area (Å²) in [6.07, 6.45) is 3.70. The monoisotopic (exact) mass is 261 g/mol. The summed E-state index contributed by atoms with van der Waals surface area (Å²) in [6.45, 7) is 5.52. The first kappa shape index (κ1) is 14.5. The number of nitrogens with zero attached hydrogens (tertiary/aromatic N) is 1. The van der Waals surface area contributed by atoms with Gasteiger partial charge in [-0.3, -0.25) is 4.90 Å². The molecule has 1 N–H and O–H groups in total. The Morgan fingerprint density at radius 2 is 1.84 bits per heavy atom. The Labute approximate surface area is 117 Å². The van der Waals surface area contributed by atoms with E-state index in [-0.39, 0.29) is 6.04 Å². The van der Waals surface area contributed by atoms with E-state index in [4.69, 9.17) is 0 Å². The molecule has 2 unspecified atom stereocenters. The van der Waals surface area contributed by atoms with Crippen LogP contribution in [0.2, 0.25) is 0 Å². The van der Waals surface area contributed by atoms with Crippen LogP contribution in [-0.4, -0.2) is 29.6 Å². The van der Waals surface area contributed by atoms with Gasteiger partial charge >= 0.3 is 0 Å². The molecule has 0 saturated heterocycles. The Bertz CT molecular complexity index is 372. The molecule has 0 radical (unpaired) electrons. The number of likely N-dealkylation sites (N-methyl/N-ethyl adjacent to an activating group) is 1. The summed E-state index contributed by atoms with van der Waals surface area (Å²) < 4.78 is 0. The average Bonchev–Trinajstić information content (AvgIpc) is 2.34. The van der Waals surface area contributed by atoms with Gasteiger partial charge in [-0.05, 0) is 37.3 Å². The van der Waals surface area contributed by atoms with Crippen LogP contribution in [0.5, 0.6) is 0 Å². The molecule has 2 rings (SSSR count). The van der Waals surface area contributed by atoms with Crippen molar-refractivity contribution in [2.24, 2.45) is 11.8 Å². The van der Waals surface area contributed by atoms with Crippen molar-refractivity contribution in [2.75, 3.05) is 13.6 Å². The summed E-state index contributed by atoms with van der Waals surface area (Å²) in [7, 11) is 2.16. The molecule has 2 nitrogen and oxygen atoms in total. The molecule has 0 bridgehead atoms. The number of aliphatic hydroxyl groups excluding tert-OH is 1. The molecule has 0 amide bonds. The van der Waals surface area contributed by atoms with Crippen molar-refractivity contribution in [1.82, 2.24) is 4.90 Å². The second-order valence-corrected chi connectivity index (χ2v) is 6.33. The van der Waals surface area contributed by atoms with E-state index in [1.54, 1.807) is 0 Å². The fraction of sp³-hybridized carbons (Fsp3) is 0.647. The Morgan fingerprint density at radius 1 is 1.21 bits per heavy atom. The second-order valence-electron chi connectivity index (χ2n) is 6.33. The maximum Gasteiger partial charge on any atom is 0.0947 e. The first-order chi connectivity index (χ1) is 9.09. The smallest absolute Gasteiger partial charge is 0.0947 e. The van der Waals surface area contributed by atoms with Crippen molar-refractivity contribution >= 4 is 0 Å². The molecule has 0 spiro atoms. The van der Waals surface area contributed by atoms with Crippen LogP contribution in [0.1, 0.15) is 44.8 Å². The van der Waals surface area contributed by atoms with Gasteiger partial charge in [-0.1, -0.05) is 50.6 Å². The van der Waals surface area contributed by atoms with Crippen molar-refractivity contribution in [1.29, 1.82) is 0 Å². The zero-order chi connectivity index (χ0) is 13.8. The summed E-state index contributed by atoms with van der Waals surface area (Å²) in [5.41, 5.74) is 1.03. The molecule has 1 aliphatic rings. The van der Waals surface area contributed by atoms with Crippen LogP contribution in [0, 0.1) is 11.8 Å². The zero-order valence-corrected chi connectivity index (χ0v) is 12.4. The molecule has 0 heterocycles. The second kappa shape index (κ2) is 6.53. The first-order valence-corrected chi connectivity index (χ1v) is 7.53. The number of rotatable bonds is 6. The third kappa shape index (κ3) is 3.58. The van der Waals surface area contributed by atoms with Crippen molar-refractivity contribution in [3.63, 3.8) is 0 Å². The van der Waals surface area contributed by atoms with Gasteiger partial charge in [-0.15, -0.1) is 0 Å². The average molecular weight is 261 g/mol. The highest BCUT2D eigenvalue weighted by Gasteiger charge is 2.30. The lowest BCUT2D eigenvalue weighted by molar-refractivity contribution is 0.0220. The van der Waals surface area contributed by atoms with Gasteiger partial charge < -0.3 is 5.11 Å². The van der Waals surface area contributed by atoms with E-state index >= 15 is 0 Å². The zero-order valence-electron chi connectivity index (χ0n) is 12.4. The number of aliphatic hydroxyl groups is 1. The van der Waals surface area contributed by atoms with Crippen molar-refractivity contribution in [3.8, 4) is 0 Å². The SMILES string of the molecule is CC(C)C(C(O)c1ccccc1)N(C)CC1CCC1. The van der Waals surface area contributed by atoms with Gasteiger partial charge in [-0.2, -0.15) is 0 Å². The lowest BCUT2D eigenvalue weighted by Gasteiger charge is -2.39. The highest BCUT2D eigenvalue weighted by Crippen LogP contribution is 2.31.